The van der Waals surface area contributed by atoms with Crippen LogP contribution in [0.2, 0.25) is 6.55 Å². The fraction of sp³-hybridized carbons (Fsp3) is 0.909. The van der Waals surface area contributed by atoms with Crippen molar-refractivity contribution in [2.24, 2.45) is 0 Å². The van der Waals surface area contributed by atoms with Crippen LogP contribution in [-0.2, 0) is 4.74 Å². The third-order valence-corrected chi connectivity index (χ3v) is 5.45. The van der Waals surface area contributed by atoms with E-state index in [2.05, 4.69) is 12.6 Å². The largest absolute Gasteiger partial charge is 0.379 e. The van der Waals surface area contributed by atoms with E-state index in [9.17, 15) is 0 Å². The van der Waals surface area contributed by atoms with Gasteiger partial charge in [-0.05, 0) is 38.5 Å². The van der Waals surface area contributed by atoms with Crippen molar-refractivity contribution < 1.29 is 4.74 Å². The fourth-order valence-electron chi connectivity index (χ4n) is 2.21. The third-order valence-electron chi connectivity index (χ3n) is 3.25. The van der Waals surface area contributed by atoms with E-state index in [1.165, 1.54) is 32.1 Å². The summed E-state index contributed by atoms with van der Waals surface area (Å²) in [6.45, 7) is 3.33. The molecule has 0 aromatic carbocycles. The minimum atomic E-state index is -0.0780. The van der Waals surface area contributed by atoms with Crippen molar-refractivity contribution in [3.8, 4) is 6.07 Å². The molecule has 1 saturated heterocycles. The first-order valence-corrected chi connectivity index (χ1v) is 7.96. The van der Waals surface area contributed by atoms with Crippen molar-refractivity contribution >= 4 is 9.52 Å². The Balaban J connectivity index is 2.26. The van der Waals surface area contributed by atoms with Gasteiger partial charge in [0.1, 0.15) is 0 Å². The Bertz CT molecular complexity index is 194. The second-order valence-electron chi connectivity index (χ2n) is 4.21. The average molecular weight is 211 g/mol. The molecule has 1 atom stereocenters. The molecule has 0 saturated carbocycles. The second kappa shape index (κ2) is 6.21. The van der Waals surface area contributed by atoms with Gasteiger partial charge >= 0.3 is 0 Å². The zero-order chi connectivity index (χ0) is 10.3. The van der Waals surface area contributed by atoms with E-state index in [1.54, 1.807) is 0 Å². The number of hydrogen-bond acceptors (Lipinski definition) is 2. The third kappa shape index (κ3) is 3.43. The van der Waals surface area contributed by atoms with Crippen molar-refractivity contribution in [1.29, 1.82) is 5.26 Å². The van der Waals surface area contributed by atoms with Gasteiger partial charge in [0.2, 0.25) is 0 Å². The van der Waals surface area contributed by atoms with Gasteiger partial charge in [0.15, 0.2) is 0 Å². The highest BCUT2D eigenvalue weighted by Gasteiger charge is 2.30. The first kappa shape index (κ1) is 11.7. The molecular weight excluding hydrogens is 190 g/mol. The molecule has 1 aliphatic rings. The summed E-state index contributed by atoms with van der Waals surface area (Å²) in [7, 11) is -0.0780. The number of unbranched alkanes of at least 4 members (excludes halogenated alkanes) is 2. The van der Waals surface area contributed by atoms with Gasteiger partial charge in [0, 0.05) is 13.0 Å². The summed E-state index contributed by atoms with van der Waals surface area (Å²) in [6.07, 6.45) is 8.01. The predicted octanol–water partition coefficient (Wildman–Crippen LogP) is 2.18. The molecule has 0 bridgehead atoms. The van der Waals surface area contributed by atoms with Crippen LogP contribution in [0.4, 0.5) is 0 Å². The molecule has 1 heterocycles. The summed E-state index contributed by atoms with van der Waals surface area (Å²) < 4.78 is 5.97. The van der Waals surface area contributed by atoms with Crippen molar-refractivity contribution in [3.63, 3.8) is 0 Å². The van der Waals surface area contributed by atoms with E-state index >= 15 is 0 Å². The summed E-state index contributed by atoms with van der Waals surface area (Å²) in [5.41, 5.74) is 0. The normalized spacial score (nSPS) is 28.0. The maximum atomic E-state index is 8.45. The van der Waals surface area contributed by atoms with Crippen LogP contribution in [0.5, 0.6) is 0 Å². The van der Waals surface area contributed by atoms with E-state index < -0.39 is 0 Å². The van der Waals surface area contributed by atoms with Crippen molar-refractivity contribution in [2.75, 3.05) is 6.61 Å². The average Bonchev–Trinajstić information content (AvgIpc) is 2.26. The maximum Gasteiger partial charge on any atom is 0.0621 e. The predicted molar refractivity (Wildman–Crippen MR) is 61.0 cm³/mol. The zero-order valence-electron chi connectivity index (χ0n) is 9.22. The van der Waals surface area contributed by atoms with Crippen LogP contribution in [0.15, 0.2) is 0 Å². The lowest BCUT2D eigenvalue weighted by atomic mass is 10.0. The number of ether oxygens (including phenoxy) is 1. The summed E-state index contributed by atoms with van der Waals surface area (Å²) >= 11 is 0. The Hall–Kier alpha value is -0.333. The molecule has 0 aromatic heterocycles. The first-order valence-electron chi connectivity index (χ1n) is 5.84. The van der Waals surface area contributed by atoms with Crippen molar-refractivity contribution in [2.45, 2.75) is 56.7 Å². The van der Waals surface area contributed by atoms with Gasteiger partial charge in [-0.15, -0.1) is 0 Å². The van der Waals surface area contributed by atoms with Gasteiger partial charge in [-0.1, -0.05) is 6.55 Å². The van der Waals surface area contributed by atoms with Gasteiger partial charge in [0.05, 0.1) is 20.8 Å². The Morgan fingerprint density at radius 2 is 2.29 bits per heavy atom. The molecule has 80 valence electrons. The lowest BCUT2D eigenvalue weighted by Crippen LogP contribution is -2.41. The summed E-state index contributed by atoms with van der Waals surface area (Å²) in [5, 5.41) is 8.75. The highest BCUT2D eigenvalue weighted by Crippen LogP contribution is 2.29. The topological polar surface area (TPSA) is 33.0 Å². The molecule has 2 nitrogen and oxygen atoms in total. The minimum absolute atomic E-state index is 0.0780. The fourth-order valence-corrected chi connectivity index (χ4v) is 3.77. The van der Waals surface area contributed by atoms with Crippen LogP contribution in [0.1, 0.15) is 44.9 Å². The SMILES string of the molecule is C[SiH2]C1(CCCCC#N)CCCCO1. The molecule has 1 aliphatic heterocycles. The molecule has 0 aromatic rings. The molecule has 0 amide bonds. The minimum Gasteiger partial charge on any atom is -0.379 e. The Morgan fingerprint density at radius 1 is 1.43 bits per heavy atom. The monoisotopic (exact) mass is 211 g/mol. The summed E-state index contributed by atoms with van der Waals surface area (Å²) in [4.78, 5) is 0. The molecule has 1 unspecified atom stereocenters. The van der Waals surface area contributed by atoms with Gasteiger partial charge in [-0.3, -0.25) is 0 Å². The lowest BCUT2D eigenvalue weighted by Gasteiger charge is -2.36. The Morgan fingerprint density at radius 3 is 2.86 bits per heavy atom. The van der Waals surface area contributed by atoms with Gasteiger partial charge < -0.3 is 4.74 Å². The number of rotatable bonds is 5. The Kier molecular flexibility index (Phi) is 5.20. The molecule has 0 aliphatic carbocycles. The van der Waals surface area contributed by atoms with E-state index in [0.29, 0.717) is 11.6 Å². The number of nitrogens with zero attached hydrogens (tertiary/aromatic N) is 1. The van der Waals surface area contributed by atoms with E-state index in [-0.39, 0.29) is 9.52 Å². The smallest absolute Gasteiger partial charge is 0.0621 e. The highest BCUT2D eigenvalue weighted by molar-refractivity contribution is 6.37. The van der Waals surface area contributed by atoms with E-state index in [0.717, 1.165) is 13.0 Å². The van der Waals surface area contributed by atoms with E-state index in [4.69, 9.17) is 10.00 Å². The Labute approximate surface area is 89.5 Å². The molecule has 1 fully saturated rings. The van der Waals surface area contributed by atoms with Crippen LogP contribution in [0.25, 0.3) is 0 Å². The van der Waals surface area contributed by atoms with Gasteiger partial charge in [-0.25, -0.2) is 0 Å². The summed E-state index contributed by atoms with van der Waals surface area (Å²) in [5.74, 6) is 0. The van der Waals surface area contributed by atoms with Crippen LogP contribution in [-0.4, -0.2) is 21.4 Å². The van der Waals surface area contributed by atoms with Crippen molar-refractivity contribution in [3.05, 3.63) is 0 Å². The maximum absolute atomic E-state index is 8.45. The lowest BCUT2D eigenvalue weighted by molar-refractivity contribution is -0.0263. The van der Waals surface area contributed by atoms with Crippen LogP contribution < -0.4 is 0 Å². The standard InChI is InChI=1S/C11H21NOSi/c1-14-11(7-3-2-5-9-12)8-4-6-10-13-11/h2-8,10,14H2,1H3. The molecule has 0 spiro atoms. The summed E-state index contributed by atoms with van der Waals surface area (Å²) in [6, 6.07) is 2.21. The molecule has 14 heavy (non-hydrogen) atoms. The van der Waals surface area contributed by atoms with Crippen LogP contribution in [0, 0.1) is 11.3 Å². The highest BCUT2D eigenvalue weighted by atomic mass is 28.2. The van der Waals surface area contributed by atoms with Gasteiger partial charge in [-0.2, -0.15) is 5.26 Å². The number of nitriles is 1. The second-order valence-corrected chi connectivity index (χ2v) is 6.20. The van der Waals surface area contributed by atoms with Crippen LogP contribution >= 0.6 is 0 Å². The molecule has 1 rings (SSSR count). The van der Waals surface area contributed by atoms with Crippen LogP contribution in [0.3, 0.4) is 0 Å². The number of hydrogen-bond donors (Lipinski definition) is 0. The molecule has 0 N–H and O–H groups in total. The zero-order valence-corrected chi connectivity index (χ0v) is 10.6. The van der Waals surface area contributed by atoms with Crippen molar-refractivity contribution in [1.82, 2.24) is 0 Å². The molecule has 0 radical (unpaired) electrons. The first-order chi connectivity index (χ1) is 6.83. The quantitative estimate of drug-likeness (QED) is 0.516. The van der Waals surface area contributed by atoms with Gasteiger partial charge in [0.25, 0.3) is 0 Å². The van der Waals surface area contributed by atoms with E-state index in [1.807, 2.05) is 0 Å². The molecular formula is C11H21NOSi. The molecule has 3 heteroatoms.